The zero-order valence-electron chi connectivity index (χ0n) is 22.0. The monoisotopic (exact) mass is 529 g/mol. The zero-order valence-corrected chi connectivity index (χ0v) is 22.0. The minimum atomic E-state index is -0.953. The molecule has 0 radical (unpaired) electrons. The van der Waals surface area contributed by atoms with E-state index in [0.29, 0.717) is 51.1 Å². The molecule has 3 aromatic rings. The van der Waals surface area contributed by atoms with Crippen molar-refractivity contribution in [2.75, 3.05) is 19.6 Å². The van der Waals surface area contributed by atoms with Crippen LogP contribution in [0.1, 0.15) is 48.3 Å². The number of aliphatic carboxylic acids is 1. The van der Waals surface area contributed by atoms with Crippen LogP contribution in [-0.2, 0) is 27.4 Å². The van der Waals surface area contributed by atoms with Crippen LogP contribution in [0.5, 0.6) is 5.75 Å². The van der Waals surface area contributed by atoms with Gasteiger partial charge in [-0.05, 0) is 66.1 Å². The maximum Gasteiger partial charge on any atom is 0.305 e. The molecule has 39 heavy (non-hydrogen) atoms. The van der Waals surface area contributed by atoms with Gasteiger partial charge in [-0.25, -0.2) is 0 Å². The van der Waals surface area contributed by atoms with Crippen LogP contribution < -0.4 is 10.1 Å². The number of carbonyl (C=O) groups is 3. The Balaban J connectivity index is 1.37. The van der Waals surface area contributed by atoms with E-state index in [1.165, 1.54) is 0 Å². The summed E-state index contributed by atoms with van der Waals surface area (Å²) < 4.78 is 5.91. The summed E-state index contributed by atoms with van der Waals surface area (Å²) in [6.45, 7) is 1.72. The predicted molar refractivity (Wildman–Crippen MR) is 147 cm³/mol. The molecular formula is C31H35N3O5. The Morgan fingerprint density at radius 2 is 1.62 bits per heavy atom. The number of aryl methyl sites for hydroxylation is 1. The highest BCUT2D eigenvalue weighted by Gasteiger charge is 2.33. The SMILES string of the molecule is O=C(O)CCNC(=O)[C@H](c1ccc(OCc2ccccc2)cc1)C1CCN(C(=O)CCc2ccncc2)CC1. The molecule has 2 heterocycles. The summed E-state index contributed by atoms with van der Waals surface area (Å²) in [6.07, 6.45) is 5.85. The summed E-state index contributed by atoms with van der Waals surface area (Å²) in [5.74, 6) is -0.705. The second-order valence-corrected chi connectivity index (χ2v) is 9.83. The number of carbonyl (C=O) groups excluding carboxylic acids is 2. The number of amides is 2. The number of rotatable bonds is 12. The van der Waals surface area contributed by atoms with Crippen molar-refractivity contribution >= 4 is 17.8 Å². The third-order valence-corrected chi connectivity index (χ3v) is 7.15. The molecule has 8 heteroatoms. The smallest absolute Gasteiger partial charge is 0.305 e. The molecule has 1 aromatic heterocycles. The third-order valence-electron chi connectivity index (χ3n) is 7.15. The van der Waals surface area contributed by atoms with Crippen molar-refractivity contribution in [2.45, 2.75) is 44.6 Å². The number of carboxylic acids is 1. The first-order valence-electron chi connectivity index (χ1n) is 13.4. The van der Waals surface area contributed by atoms with Crippen LogP contribution in [0.25, 0.3) is 0 Å². The molecule has 1 atom stereocenters. The fraction of sp³-hybridized carbons (Fsp3) is 0.355. The second kappa shape index (κ2) is 14.1. The van der Waals surface area contributed by atoms with E-state index in [-0.39, 0.29) is 30.7 Å². The summed E-state index contributed by atoms with van der Waals surface area (Å²) in [5.41, 5.74) is 3.01. The van der Waals surface area contributed by atoms with Crippen LogP contribution in [0.3, 0.4) is 0 Å². The Morgan fingerprint density at radius 3 is 2.28 bits per heavy atom. The lowest BCUT2D eigenvalue weighted by atomic mass is 9.79. The van der Waals surface area contributed by atoms with Crippen LogP contribution in [0, 0.1) is 5.92 Å². The van der Waals surface area contributed by atoms with Crippen molar-refractivity contribution < 1.29 is 24.2 Å². The fourth-order valence-electron chi connectivity index (χ4n) is 4.99. The van der Waals surface area contributed by atoms with Gasteiger partial charge in [0, 0.05) is 38.4 Å². The lowest BCUT2D eigenvalue weighted by Crippen LogP contribution is -2.43. The van der Waals surface area contributed by atoms with Gasteiger partial charge in [-0.2, -0.15) is 0 Å². The third kappa shape index (κ3) is 8.40. The Kier molecular flexibility index (Phi) is 10.1. The van der Waals surface area contributed by atoms with Gasteiger partial charge >= 0.3 is 5.97 Å². The van der Waals surface area contributed by atoms with Crippen molar-refractivity contribution in [3.05, 3.63) is 95.8 Å². The molecule has 1 saturated heterocycles. The Morgan fingerprint density at radius 1 is 0.923 bits per heavy atom. The van der Waals surface area contributed by atoms with E-state index in [0.717, 1.165) is 16.7 Å². The van der Waals surface area contributed by atoms with Crippen molar-refractivity contribution in [3.8, 4) is 5.75 Å². The first kappa shape index (κ1) is 27.8. The molecule has 2 N–H and O–H groups in total. The van der Waals surface area contributed by atoms with Crippen LogP contribution in [-0.4, -0.2) is 52.4 Å². The van der Waals surface area contributed by atoms with E-state index in [4.69, 9.17) is 9.84 Å². The summed E-state index contributed by atoms with van der Waals surface area (Å²) >= 11 is 0. The number of nitrogens with one attached hydrogen (secondary N) is 1. The van der Waals surface area contributed by atoms with E-state index >= 15 is 0 Å². The number of hydrogen-bond donors (Lipinski definition) is 2. The molecule has 0 aliphatic carbocycles. The number of hydrogen-bond acceptors (Lipinski definition) is 5. The maximum absolute atomic E-state index is 13.3. The minimum absolute atomic E-state index is 0.0372. The fourth-order valence-corrected chi connectivity index (χ4v) is 4.99. The normalized spacial score (nSPS) is 14.4. The van der Waals surface area contributed by atoms with E-state index in [1.807, 2.05) is 71.6 Å². The topological polar surface area (TPSA) is 109 Å². The van der Waals surface area contributed by atoms with Gasteiger partial charge in [0.25, 0.3) is 0 Å². The molecule has 2 aromatic carbocycles. The van der Waals surface area contributed by atoms with Gasteiger partial charge in [0.05, 0.1) is 12.3 Å². The van der Waals surface area contributed by atoms with Crippen molar-refractivity contribution in [2.24, 2.45) is 5.92 Å². The zero-order chi connectivity index (χ0) is 27.5. The Bertz CT molecular complexity index is 1210. The highest BCUT2D eigenvalue weighted by molar-refractivity contribution is 5.84. The number of likely N-dealkylation sites (tertiary alicyclic amines) is 1. The number of benzene rings is 2. The van der Waals surface area contributed by atoms with E-state index < -0.39 is 11.9 Å². The highest BCUT2D eigenvalue weighted by atomic mass is 16.5. The largest absolute Gasteiger partial charge is 0.489 e. The molecule has 2 amide bonds. The van der Waals surface area contributed by atoms with E-state index in [2.05, 4.69) is 10.3 Å². The standard InChI is InChI=1S/C31H35N3O5/c35-28(11-6-23-12-17-32-18-13-23)34-20-15-26(16-21-34)30(31(38)33-19-14-29(36)37)25-7-9-27(10-8-25)39-22-24-4-2-1-3-5-24/h1-5,7-10,12-13,17-18,26,30H,6,11,14-16,19-22H2,(H,33,38)(H,36,37)/t30-/m1/s1. The summed E-state index contributed by atoms with van der Waals surface area (Å²) in [7, 11) is 0. The first-order valence-corrected chi connectivity index (χ1v) is 13.4. The molecule has 0 saturated carbocycles. The van der Waals surface area contributed by atoms with Crippen LogP contribution in [0.15, 0.2) is 79.1 Å². The molecule has 8 nitrogen and oxygen atoms in total. The molecule has 0 spiro atoms. The lowest BCUT2D eigenvalue weighted by Gasteiger charge is -2.36. The number of pyridine rings is 1. The Labute approximate surface area is 229 Å². The maximum atomic E-state index is 13.3. The second-order valence-electron chi connectivity index (χ2n) is 9.83. The molecule has 1 aliphatic rings. The highest BCUT2D eigenvalue weighted by Crippen LogP contribution is 2.34. The number of ether oxygens (including phenoxy) is 1. The molecule has 4 rings (SSSR count). The van der Waals surface area contributed by atoms with Crippen LogP contribution in [0.2, 0.25) is 0 Å². The minimum Gasteiger partial charge on any atom is -0.489 e. The number of carboxylic acid groups (broad SMARTS) is 1. The predicted octanol–water partition coefficient (Wildman–Crippen LogP) is 4.21. The van der Waals surface area contributed by atoms with Crippen molar-refractivity contribution in [3.63, 3.8) is 0 Å². The quantitative estimate of drug-likeness (QED) is 0.364. The number of nitrogens with zero attached hydrogens (tertiary/aromatic N) is 2. The Hall–Kier alpha value is -4.20. The molecular weight excluding hydrogens is 494 g/mol. The molecule has 0 bridgehead atoms. The van der Waals surface area contributed by atoms with Crippen molar-refractivity contribution in [1.82, 2.24) is 15.2 Å². The van der Waals surface area contributed by atoms with E-state index in [9.17, 15) is 14.4 Å². The van der Waals surface area contributed by atoms with Crippen LogP contribution in [0.4, 0.5) is 0 Å². The molecule has 1 fully saturated rings. The van der Waals surface area contributed by atoms with Gasteiger partial charge in [-0.3, -0.25) is 19.4 Å². The summed E-state index contributed by atoms with van der Waals surface area (Å²) in [4.78, 5) is 43.0. The van der Waals surface area contributed by atoms with Gasteiger partial charge < -0.3 is 20.1 Å². The van der Waals surface area contributed by atoms with E-state index in [1.54, 1.807) is 12.4 Å². The number of piperidine rings is 1. The number of aromatic nitrogens is 1. The van der Waals surface area contributed by atoms with Gasteiger partial charge in [-0.15, -0.1) is 0 Å². The van der Waals surface area contributed by atoms with Gasteiger partial charge in [0.2, 0.25) is 11.8 Å². The van der Waals surface area contributed by atoms with Crippen molar-refractivity contribution in [1.29, 1.82) is 0 Å². The van der Waals surface area contributed by atoms with Crippen LogP contribution >= 0.6 is 0 Å². The molecule has 0 unspecified atom stereocenters. The summed E-state index contributed by atoms with van der Waals surface area (Å²) in [5, 5.41) is 11.8. The van der Waals surface area contributed by atoms with Gasteiger partial charge in [0.1, 0.15) is 12.4 Å². The van der Waals surface area contributed by atoms with Gasteiger partial charge in [-0.1, -0.05) is 42.5 Å². The molecule has 204 valence electrons. The first-order chi connectivity index (χ1) is 19.0. The summed E-state index contributed by atoms with van der Waals surface area (Å²) in [6, 6.07) is 21.3. The lowest BCUT2D eigenvalue weighted by molar-refractivity contribution is -0.137. The van der Waals surface area contributed by atoms with Gasteiger partial charge in [0.15, 0.2) is 0 Å². The average Bonchev–Trinajstić information content (AvgIpc) is 2.97. The average molecular weight is 530 g/mol. The molecule has 1 aliphatic heterocycles.